The van der Waals surface area contributed by atoms with Gasteiger partial charge >= 0.3 is 7.60 Å². The van der Waals surface area contributed by atoms with Gasteiger partial charge in [-0.1, -0.05) is 25.5 Å². The van der Waals surface area contributed by atoms with Crippen molar-refractivity contribution in [2.75, 3.05) is 13.2 Å². The Morgan fingerprint density at radius 1 is 1.21 bits per heavy atom. The van der Waals surface area contributed by atoms with Crippen LogP contribution in [0.1, 0.15) is 41.5 Å². The second-order valence-electron chi connectivity index (χ2n) is 5.74. The smallest absolute Gasteiger partial charge is 0.303 e. The molecule has 0 radical (unpaired) electrons. The van der Waals surface area contributed by atoms with Crippen LogP contribution in [0, 0.1) is 17.3 Å². The molecule has 5 heteroatoms. The Labute approximate surface area is 116 Å². The molecule has 0 aromatic carbocycles. The first-order chi connectivity index (χ1) is 8.70. The van der Waals surface area contributed by atoms with E-state index in [1.165, 1.54) is 0 Å². The quantitative estimate of drug-likeness (QED) is 0.524. The molecule has 0 heterocycles. The molecule has 1 rings (SSSR count). The summed E-state index contributed by atoms with van der Waals surface area (Å²) in [6, 6.07) is 0. The van der Waals surface area contributed by atoms with E-state index in [0.717, 1.165) is 5.57 Å². The summed E-state index contributed by atoms with van der Waals surface area (Å²) >= 11 is 0. The predicted molar refractivity (Wildman–Crippen MR) is 76.1 cm³/mol. The molecule has 0 amide bonds. The van der Waals surface area contributed by atoms with Crippen LogP contribution in [0.2, 0.25) is 0 Å². The van der Waals surface area contributed by atoms with Crippen molar-refractivity contribution in [3.8, 4) is 0 Å². The molecule has 1 aliphatic rings. The van der Waals surface area contributed by atoms with Gasteiger partial charge in [-0.25, -0.2) is 0 Å². The minimum Gasteiger partial charge on any atom is -0.303 e. The number of carbonyl (C=O) groups excluding carboxylic acids is 1. The van der Waals surface area contributed by atoms with Crippen molar-refractivity contribution in [2.45, 2.75) is 41.5 Å². The van der Waals surface area contributed by atoms with Gasteiger partial charge < -0.3 is 9.05 Å². The Kier molecular flexibility index (Phi) is 5.16. The van der Waals surface area contributed by atoms with Crippen LogP contribution >= 0.6 is 7.60 Å². The second-order valence-corrected chi connectivity index (χ2v) is 7.69. The highest BCUT2D eigenvalue weighted by atomic mass is 31.2. The molecule has 0 bridgehead atoms. The van der Waals surface area contributed by atoms with Crippen LogP contribution < -0.4 is 0 Å². The summed E-state index contributed by atoms with van der Waals surface area (Å²) in [4.78, 5) is 12.5. The first-order valence-corrected chi connectivity index (χ1v) is 8.33. The van der Waals surface area contributed by atoms with E-state index in [2.05, 4.69) is 6.08 Å². The fourth-order valence-corrected chi connectivity index (χ4v) is 4.34. The zero-order chi connectivity index (χ0) is 14.8. The van der Waals surface area contributed by atoms with E-state index in [-0.39, 0.29) is 36.0 Å². The zero-order valence-electron chi connectivity index (χ0n) is 12.7. The summed E-state index contributed by atoms with van der Waals surface area (Å²) in [7, 11) is -3.63. The van der Waals surface area contributed by atoms with Crippen molar-refractivity contribution in [1.82, 2.24) is 0 Å². The van der Waals surface area contributed by atoms with Crippen LogP contribution in [-0.2, 0) is 18.4 Å². The minimum absolute atomic E-state index is 0.124. The Bertz CT molecular complexity index is 411. The highest BCUT2D eigenvalue weighted by Gasteiger charge is 2.64. The maximum absolute atomic E-state index is 12.5. The molecule has 0 aromatic rings. The first kappa shape index (κ1) is 16.6. The molecule has 0 aromatic heterocycles. The molecule has 0 aliphatic heterocycles. The second kappa shape index (κ2) is 5.90. The molecule has 0 spiro atoms. The highest BCUT2D eigenvalue weighted by Crippen LogP contribution is 2.66. The van der Waals surface area contributed by atoms with Gasteiger partial charge in [0, 0.05) is 5.92 Å². The molecule has 2 unspecified atom stereocenters. The molecular formula is C14H25O4P. The van der Waals surface area contributed by atoms with E-state index in [1.54, 1.807) is 13.8 Å². The summed E-state index contributed by atoms with van der Waals surface area (Å²) in [5.74, 6) is -0.148. The van der Waals surface area contributed by atoms with Gasteiger partial charge in [0.15, 0.2) is 0 Å². The lowest BCUT2D eigenvalue weighted by molar-refractivity contribution is -0.115. The van der Waals surface area contributed by atoms with Crippen molar-refractivity contribution < 1.29 is 18.4 Å². The molecule has 4 nitrogen and oxygen atoms in total. The molecule has 19 heavy (non-hydrogen) atoms. The Morgan fingerprint density at radius 3 is 2.05 bits per heavy atom. The van der Waals surface area contributed by atoms with Crippen LogP contribution in [-0.4, -0.2) is 18.7 Å². The number of carbonyl (C=O) groups is 1. The third-order valence-electron chi connectivity index (χ3n) is 3.56. The Hall–Kier alpha value is -0.440. The van der Waals surface area contributed by atoms with Gasteiger partial charge in [-0.15, -0.1) is 0 Å². The van der Waals surface area contributed by atoms with Gasteiger partial charge in [-0.3, -0.25) is 9.36 Å². The van der Waals surface area contributed by atoms with E-state index in [1.807, 2.05) is 27.7 Å². The lowest BCUT2D eigenvalue weighted by atomic mass is 10.1. The van der Waals surface area contributed by atoms with Gasteiger partial charge in [-0.2, -0.15) is 0 Å². The van der Waals surface area contributed by atoms with E-state index >= 15 is 0 Å². The number of hydrogen-bond donors (Lipinski definition) is 0. The van der Waals surface area contributed by atoms with E-state index < -0.39 is 7.60 Å². The monoisotopic (exact) mass is 288 g/mol. The fraction of sp³-hybridized carbons (Fsp3) is 0.786. The van der Waals surface area contributed by atoms with Crippen molar-refractivity contribution in [3.05, 3.63) is 11.6 Å². The normalized spacial score (nSPS) is 24.9. The van der Waals surface area contributed by atoms with Crippen LogP contribution in [0.3, 0.4) is 0 Å². The van der Waals surface area contributed by atoms with Crippen LogP contribution in [0.15, 0.2) is 11.6 Å². The maximum Gasteiger partial charge on any atom is 0.397 e. The lowest BCUT2D eigenvalue weighted by Crippen LogP contribution is -2.12. The summed E-state index contributed by atoms with van der Waals surface area (Å²) in [5.41, 5.74) is 0.623. The van der Waals surface area contributed by atoms with E-state index in [9.17, 15) is 9.36 Å². The molecule has 2 atom stereocenters. The topological polar surface area (TPSA) is 52.6 Å². The fourth-order valence-electron chi connectivity index (χ4n) is 2.49. The third kappa shape index (κ3) is 3.36. The van der Waals surface area contributed by atoms with Crippen LogP contribution in [0.5, 0.6) is 0 Å². The molecule has 110 valence electrons. The van der Waals surface area contributed by atoms with Crippen LogP contribution in [0.25, 0.3) is 0 Å². The Morgan fingerprint density at radius 2 is 1.68 bits per heavy atom. The minimum atomic E-state index is -3.63. The van der Waals surface area contributed by atoms with Gasteiger partial charge in [0.2, 0.25) is 5.52 Å². The lowest BCUT2D eigenvalue weighted by Gasteiger charge is -2.16. The summed E-state index contributed by atoms with van der Waals surface area (Å²) in [6.07, 6.45) is 2.07. The molecule has 0 N–H and O–H groups in total. The number of rotatable bonds is 7. The van der Waals surface area contributed by atoms with Gasteiger partial charge in [-0.05, 0) is 39.0 Å². The largest absolute Gasteiger partial charge is 0.397 e. The number of allylic oxidation sites excluding steroid dienone is 2. The van der Waals surface area contributed by atoms with Crippen molar-refractivity contribution in [1.29, 1.82) is 0 Å². The van der Waals surface area contributed by atoms with Gasteiger partial charge in [0.25, 0.3) is 0 Å². The molecule has 1 saturated carbocycles. The van der Waals surface area contributed by atoms with Crippen molar-refractivity contribution in [3.63, 3.8) is 0 Å². The predicted octanol–water partition coefficient (Wildman–Crippen LogP) is 4.02. The van der Waals surface area contributed by atoms with Gasteiger partial charge in [0.1, 0.15) is 0 Å². The van der Waals surface area contributed by atoms with E-state index in [4.69, 9.17) is 9.05 Å². The zero-order valence-corrected chi connectivity index (χ0v) is 13.6. The first-order valence-electron chi connectivity index (χ1n) is 6.79. The van der Waals surface area contributed by atoms with E-state index in [0.29, 0.717) is 0 Å². The molecule has 1 aliphatic carbocycles. The molecule has 1 fully saturated rings. The molecule has 0 saturated heterocycles. The van der Waals surface area contributed by atoms with Gasteiger partial charge in [0.05, 0.1) is 13.2 Å². The average Bonchev–Trinajstić information content (AvgIpc) is 2.79. The summed E-state index contributed by atoms with van der Waals surface area (Å²) in [6.45, 7) is 11.9. The molecular weight excluding hydrogens is 263 g/mol. The highest BCUT2D eigenvalue weighted by molar-refractivity contribution is 7.71. The summed E-state index contributed by atoms with van der Waals surface area (Å²) in [5, 5.41) is 0. The average molecular weight is 288 g/mol. The third-order valence-corrected chi connectivity index (χ3v) is 5.57. The maximum atomic E-state index is 12.5. The SMILES string of the molecule is CCOP(=O)(OCC)C(=O)C1C(C=C(C)C)C1(C)C. The standard InChI is InChI=1S/C14H25O4P/c1-7-17-19(16,18-8-2)13(15)12-11(9-10(3)4)14(12,5)6/h9,11-12H,7-8H2,1-6H3. The van der Waals surface area contributed by atoms with Crippen LogP contribution in [0.4, 0.5) is 0 Å². The van der Waals surface area contributed by atoms with Crippen molar-refractivity contribution >= 4 is 13.1 Å². The van der Waals surface area contributed by atoms with Crippen molar-refractivity contribution in [2.24, 2.45) is 17.3 Å². The number of hydrogen-bond acceptors (Lipinski definition) is 4. The Balaban J connectivity index is 2.94. The summed E-state index contributed by atoms with van der Waals surface area (Å²) < 4.78 is 22.8.